The SMILES string of the molecule is COc1cccc2c1CCCc1nc(N)ncc1-2.COc1cccc2c1CCCc1nc(NC(=O)c3c(F)cccc3F)ncc1-2. The monoisotopic (exact) mass is 622 g/mol. The van der Waals surface area contributed by atoms with Gasteiger partial charge in [-0.25, -0.2) is 28.7 Å². The molecule has 0 spiro atoms. The number of amides is 1. The maximum atomic E-state index is 13.8. The Kier molecular flexibility index (Phi) is 8.82. The molecule has 0 atom stereocenters. The highest BCUT2D eigenvalue weighted by Crippen LogP contribution is 2.37. The number of nitrogens with one attached hydrogen (secondary N) is 1. The van der Waals surface area contributed by atoms with Crippen LogP contribution in [0.3, 0.4) is 0 Å². The smallest absolute Gasteiger partial charge is 0.263 e. The van der Waals surface area contributed by atoms with Gasteiger partial charge in [-0.1, -0.05) is 30.3 Å². The summed E-state index contributed by atoms with van der Waals surface area (Å²) in [5.41, 5.74) is 13.3. The molecule has 0 radical (unpaired) electrons. The van der Waals surface area contributed by atoms with Crippen molar-refractivity contribution in [2.24, 2.45) is 0 Å². The Morgan fingerprint density at radius 1 is 0.717 bits per heavy atom. The van der Waals surface area contributed by atoms with Gasteiger partial charge in [-0.05, 0) is 73.9 Å². The molecule has 7 rings (SSSR count). The van der Waals surface area contributed by atoms with Crippen molar-refractivity contribution in [3.8, 4) is 33.8 Å². The van der Waals surface area contributed by atoms with Crippen molar-refractivity contribution < 1.29 is 23.0 Å². The summed E-state index contributed by atoms with van der Waals surface area (Å²) in [6, 6.07) is 15.2. The third kappa shape index (κ3) is 6.08. The zero-order valence-corrected chi connectivity index (χ0v) is 25.4. The molecule has 0 aliphatic heterocycles. The minimum absolute atomic E-state index is 0.0118. The third-order valence-corrected chi connectivity index (χ3v) is 8.14. The topological polar surface area (TPSA) is 125 Å². The maximum absolute atomic E-state index is 13.8. The van der Waals surface area contributed by atoms with Crippen LogP contribution in [0.15, 0.2) is 67.0 Å². The third-order valence-electron chi connectivity index (χ3n) is 8.14. The van der Waals surface area contributed by atoms with E-state index in [1.165, 1.54) is 17.2 Å². The molecule has 11 heteroatoms. The molecule has 0 fully saturated rings. The van der Waals surface area contributed by atoms with Crippen molar-refractivity contribution in [1.29, 1.82) is 0 Å². The van der Waals surface area contributed by atoms with Crippen LogP contribution in [0.25, 0.3) is 22.3 Å². The van der Waals surface area contributed by atoms with Crippen LogP contribution in [0.5, 0.6) is 11.5 Å². The van der Waals surface area contributed by atoms with Gasteiger partial charge in [0.05, 0.1) is 25.6 Å². The number of benzene rings is 3. The minimum atomic E-state index is -0.937. The number of nitrogens with two attached hydrogens (primary N) is 1. The van der Waals surface area contributed by atoms with Crippen LogP contribution < -0.4 is 20.5 Å². The van der Waals surface area contributed by atoms with Gasteiger partial charge in [-0.15, -0.1) is 0 Å². The Bertz CT molecular complexity index is 1910. The highest BCUT2D eigenvalue weighted by molar-refractivity contribution is 6.03. The summed E-state index contributed by atoms with van der Waals surface area (Å²) in [6.45, 7) is 0. The van der Waals surface area contributed by atoms with Gasteiger partial charge in [0.2, 0.25) is 11.9 Å². The highest BCUT2D eigenvalue weighted by atomic mass is 19.1. The number of aromatic nitrogens is 4. The molecule has 3 aromatic carbocycles. The molecule has 5 aromatic rings. The predicted octanol–water partition coefficient (Wildman–Crippen LogP) is 6.39. The molecule has 0 bridgehead atoms. The van der Waals surface area contributed by atoms with E-state index in [0.717, 1.165) is 89.4 Å². The molecule has 3 N–H and O–H groups in total. The number of ether oxygens (including phenoxy) is 2. The number of methoxy groups -OCH3 is 2. The normalized spacial score (nSPS) is 12.9. The average molecular weight is 623 g/mol. The van der Waals surface area contributed by atoms with Crippen molar-refractivity contribution in [2.45, 2.75) is 38.5 Å². The predicted molar refractivity (Wildman–Crippen MR) is 171 cm³/mol. The molecule has 0 unspecified atom stereocenters. The maximum Gasteiger partial charge on any atom is 0.263 e. The molecule has 0 saturated carbocycles. The van der Waals surface area contributed by atoms with E-state index in [0.29, 0.717) is 12.4 Å². The molecular weight excluding hydrogens is 590 g/mol. The highest BCUT2D eigenvalue weighted by Gasteiger charge is 2.22. The molecule has 2 aliphatic carbocycles. The second-order valence-electron chi connectivity index (χ2n) is 10.9. The summed E-state index contributed by atoms with van der Waals surface area (Å²) in [6.07, 6.45) is 8.80. The van der Waals surface area contributed by atoms with Crippen molar-refractivity contribution >= 4 is 17.8 Å². The van der Waals surface area contributed by atoms with Gasteiger partial charge in [-0.2, -0.15) is 0 Å². The van der Waals surface area contributed by atoms with E-state index in [1.807, 2.05) is 36.5 Å². The van der Waals surface area contributed by atoms with Gasteiger partial charge in [-0.3, -0.25) is 10.1 Å². The number of nitrogens with zero attached hydrogens (tertiary/aromatic N) is 4. The number of rotatable bonds is 4. The van der Waals surface area contributed by atoms with E-state index in [9.17, 15) is 13.6 Å². The summed E-state index contributed by atoms with van der Waals surface area (Å²) in [5.74, 6) is -0.680. The lowest BCUT2D eigenvalue weighted by Crippen LogP contribution is -2.18. The lowest BCUT2D eigenvalue weighted by Gasteiger charge is -2.13. The van der Waals surface area contributed by atoms with Crippen LogP contribution in [0.1, 0.15) is 45.7 Å². The summed E-state index contributed by atoms with van der Waals surface area (Å²) >= 11 is 0. The minimum Gasteiger partial charge on any atom is -0.496 e. The second-order valence-corrected chi connectivity index (χ2v) is 10.9. The fourth-order valence-corrected chi connectivity index (χ4v) is 6.02. The first-order valence-corrected chi connectivity index (χ1v) is 14.9. The van der Waals surface area contributed by atoms with Crippen molar-refractivity contribution in [3.63, 3.8) is 0 Å². The van der Waals surface area contributed by atoms with Gasteiger partial charge >= 0.3 is 0 Å². The van der Waals surface area contributed by atoms with Gasteiger partial charge in [0, 0.05) is 34.6 Å². The van der Waals surface area contributed by atoms with E-state index in [2.05, 4.69) is 31.3 Å². The largest absolute Gasteiger partial charge is 0.496 e. The number of aryl methyl sites for hydroxylation is 2. The van der Waals surface area contributed by atoms with Crippen LogP contribution in [-0.4, -0.2) is 40.1 Å². The van der Waals surface area contributed by atoms with Crippen LogP contribution in [0.2, 0.25) is 0 Å². The Hall–Kier alpha value is -5.45. The van der Waals surface area contributed by atoms with Crippen LogP contribution >= 0.6 is 0 Å². The number of carbonyl (C=O) groups excluding carboxylic acids is 1. The van der Waals surface area contributed by atoms with Gasteiger partial charge in [0.25, 0.3) is 5.91 Å². The number of hydrogen-bond acceptors (Lipinski definition) is 8. The van der Waals surface area contributed by atoms with Gasteiger partial charge in [0.15, 0.2) is 0 Å². The van der Waals surface area contributed by atoms with E-state index < -0.39 is 23.1 Å². The number of halogens is 2. The van der Waals surface area contributed by atoms with Crippen LogP contribution in [0.4, 0.5) is 20.7 Å². The molecule has 2 aliphatic rings. The van der Waals surface area contributed by atoms with Crippen LogP contribution in [0, 0.1) is 11.6 Å². The van der Waals surface area contributed by atoms with Gasteiger partial charge < -0.3 is 15.2 Å². The number of fused-ring (bicyclic) bond motifs is 6. The summed E-state index contributed by atoms with van der Waals surface area (Å²) in [5, 5.41) is 2.39. The van der Waals surface area contributed by atoms with Crippen molar-refractivity contribution in [1.82, 2.24) is 19.9 Å². The summed E-state index contributed by atoms with van der Waals surface area (Å²) in [4.78, 5) is 29.4. The van der Waals surface area contributed by atoms with E-state index in [-0.39, 0.29) is 5.95 Å². The number of anilines is 2. The number of carbonyl (C=O) groups is 1. The van der Waals surface area contributed by atoms with E-state index in [1.54, 1.807) is 20.4 Å². The first kappa shape index (κ1) is 30.6. The lowest BCUT2D eigenvalue weighted by atomic mass is 9.99. The molecule has 9 nitrogen and oxygen atoms in total. The molecule has 2 aromatic heterocycles. The first-order valence-electron chi connectivity index (χ1n) is 14.9. The fraction of sp³-hybridized carbons (Fsp3) is 0.229. The zero-order valence-electron chi connectivity index (χ0n) is 25.4. The van der Waals surface area contributed by atoms with Crippen LogP contribution in [-0.2, 0) is 25.7 Å². The Morgan fingerprint density at radius 3 is 1.80 bits per heavy atom. The lowest BCUT2D eigenvalue weighted by molar-refractivity contribution is 0.101. The standard InChI is InChI=1S/C21H17F2N3O2.C14H15N3O/c1-28-18-10-3-5-12-13(18)6-2-9-17-14(12)11-24-21(25-17)26-20(27)19-15(22)7-4-8-16(19)23;1-18-13-7-3-4-9-10(13)5-2-6-12-11(9)8-16-14(15)17-12/h3-5,7-8,10-11H,2,6,9H2,1H3,(H,24,25,26,27);3-4,7-8H,2,5-6H2,1H3,(H2,15,16,17). The number of nitrogen functional groups attached to an aromatic ring is 1. The Balaban J connectivity index is 0.000000178. The zero-order chi connectivity index (χ0) is 32.2. The molecule has 234 valence electrons. The van der Waals surface area contributed by atoms with Crippen molar-refractivity contribution in [2.75, 3.05) is 25.3 Å². The van der Waals surface area contributed by atoms with E-state index >= 15 is 0 Å². The average Bonchev–Trinajstić information content (AvgIpc) is 3.36. The molecular formula is C35H32F2N6O3. The summed E-state index contributed by atoms with van der Waals surface area (Å²) in [7, 11) is 3.35. The molecule has 0 saturated heterocycles. The molecule has 2 heterocycles. The van der Waals surface area contributed by atoms with Crippen molar-refractivity contribution in [3.05, 3.63) is 107 Å². The first-order chi connectivity index (χ1) is 22.4. The fourth-order valence-electron chi connectivity index (χ4n) is 6.02. The van der Waals surface area contributed by atoms with E-state index in [4.69, 9.17) is 15.2 Å². The van der Waals surface area contributed by atoms with Gasteiger partial charge in [0.1, 0.15) is 28.7 Å². The number of hydrogen-bond donors (Lipinski definition) is 2. The quantitative estimate of drug-likeness (QED) is 0.236. The molecule has 1 amide bonds. The summed E-state index contributed by atoms with van der Waals surface area (Å²) < 4.78 is 38.5. The Labute approximate surface area is 264 Å². The second kappa shape index (κ2) is 13.3. The molecule has 46 heavy (non-hydrogen) atoms. The Morgan fingerprint density at radius 2 is 1.24 bits per heavy atom.